The van der Waals surface area contributed by atoms with Gasteiger partial charge in [-0.3, -0.25) is 0 Å². The van der Waals surface area contributed by atoms with Crippen molar-refractivity contribution in [1.82, 2.24) is 0 Å². The zero-order valence-corrected chi connectivity index (χ0v) is 11.4. The van der Waals surface area contributed by atoms with E-state index < -0.39 is 0 Å². The molecule has 3 heteroatoms. The summed E-state index contributed by atoms with van der Waals surface area (Å²) in [5, 5.41) is 0. The molecule has 20 heavy (non-hydrogen) atoms. The second-order valence-electron chi connectivity index (χ2n) is 4.99. The van der Waals surface area contributed by atoms with Crippen LogP contribution in [0.1, 0.15) is 11.5 Å². The summed E-state index contributed by atoms with van der Waals surface area (Å²) in [6.07, 6.45) is 1.05. The van der Waals surface area contributed by atoms with Crippen LogP contribution in [0.15, 0.2) is 54.6 Å². The second kappa shape index (κ2) is 5.37. The van der Waals surface area contributed by atoms with E-state index in [4.69, 9.17) is 4.74 Å². The molecule has 0 saturated carbocycles. The quantitative estimate of drug-likeness (QED) is 0.798. The van der Waals surface area contributed by atoms with Crippen molar-refractivity contribution in [2.75, 3.05) is 18.6 Å². The van der Waals surface area contributed by atoms with Crippen molar-refractivity contribution >= 4 is 12.0 Å². The third-order valence-corrected chi connectivity index (χ3v) is 3.94. The fraction of sp³-hybridized carbons (Fsp3) is 0.235. The minimum Gasteiger partial charge on any atom is -0.497 e. The number of methoxy groups -OCH3 is 1. The summed E-state index contributed by atoms with van der Waals surface area (Å²) in [7, 11) is 1.65. The van der Waals surface area contributed by atoms with E-state index in [-0.39, 0.29) is 12.0 Å². The van der Waals surface area contributed by atoms with Gasteiger partial charge in [0.15, 0.2) is 0 Å². The van der Waals surface area contributed by atoms with Gasteiger partial charge in [0.2, 0.25) is 0 Å². The molecule has 3 rings (SSSR count). The molecule has 0 unspecified atom stereocenters. The molecule has 0 N–H and O–H groups in total. The van der Waals surface area contributed by atoms with Gasteiger partial charge >= 0.3 is 0 Å². The first-order chi connectivity index (χ1) is 9.83. The van der Waals surface area contributed by atoms with Crippen LogP contribution in [0, 0.1) is 0 Å². The lowest BCUT2D eigenvalue weighted by Gasteiger charge is -2.47. The topological polar surface area (TPSA) is 29.5 Å². The predicted octanol–water partition coefficient (Wildman–Crippen LogP) is 2.87. The summed E-state index contributed by atoms with van der Waals surface area (Å²) >= 11 is 0. The van der Waals surface area contributed by atoms with Crippen LogP contribution < -0.4 is 9.64 Å². The monoisotopic (exact) mass is 267 g/mol. The van der Waals surface area contributed by atoms with Gasteiger partial charge in [0, 0.05) is 18.2 Å². The summed E-state index contributed by atoms with van der Waals surface area (Å²) < 4.78 is 5.16. The summed E-state index contributed by atoms with van der Waals surface area (Å²) in [5.74, 6) is 1.12. The van der Waals surface area contributed by atoms with Gasteiger partial charge in [-0.15, -0.1) is 0 Å². The van der Waals surface area contributed by atoms with E-state index in [1.54, 1.807) is 7.11 Å². The van der Waals surface area contributed by atoms with E-state index in [9.17, 15) is 4.79 Å². The minimum absolute atomic E-state index is 0.0780. The largest absolute Gasteiger partial charge is 0.497 e. The third kappa shape index (κ3) is 2.16. The van der Waals surface area contributed by atoms with Crippen molar-refractivity contribution in [3.8, 4) is 5.75 Å². The highest BCUT2D eigenvalue weighted by Crippen LogP contribution is 2.37. The Bertz CT molecular complexity index is 580. The molecule has 1 fully saturated rings. The maximum atomic E-state index is 11.4. The van der Waals surface area contributed by atoms with Crippen molar-refractivity contribution < 1.29 is 9.53 Å². The van der Waals surface area contributed by atoms with Gasteiger partial charge in [0.05, 0.1) is 13.2 Å². The number of hydrogen-bond acceptors (Lipinski definition) is 3. The Balaban J connectivity index is 1.78. The van der Waals surface area contributed by atoms with Gasteiger partial charge in [0.25, 0.3) is 0 Å². The smallest absolute Gasteiger partial charge is 0.143 e. The SMILES string of the molecule is COc1ccc(N2C[C@@H](c3ccccc3)[C@H]2C=O)cc1. The van der Waals surface area contributed by atoms with E-state index >= 15 is 0 Å². The molecule has 0 radical (unpaired) electrons. The van der Waals surface area contributed by atoms with E-state index in [2.05, 4.69) is 17.0 Å². The zero-order valence-electron chi connectivity index (χ0n) is 11.4. The molecule has 1 heterocycles. The Morgan fingerprint density at radius 1 is 1.10 bits per heavy atom. The summed E-state index contributed by atoms with van der Waals surface area (Å²) in [6, 6.07) is 18.0. The van der Waals surface area contributed by atoms with E-state index in [0.717, 1.165) is 24.3 Å². The van der Waals surface area contributed by atoms with Gasteiger partial charge < -0.3 is 14.4 Å². The lowest BCUT2D eigenvalue weighted by molar-refractivity contribution is -0.110. The van der Waals surface area contributed by atoms with Crippen molar-refractivity contribution in [2.24, 2.45) is 0 Å². The summed E-state index contributed by atoms with van der Waals surface area (Å²) in [5.41, 5.74) is 2.30. The van der Waals surface area contributed by atoms with Crippen LogP contribution in [0.2, 0.25) is 0 Å². The Morgan fingerprint density at radius 3 is 2.40 bits per heavy atom. The Hall–Kier alpha value is -2.29. The molecular formula is C17H17NO2. The molecule has 2 aromatic rings. The van der Waals surface area contributed by atoms with Gasteiger partial charge in [-0.2, -0.15) is 0 Å². The highest BCUT2D eigenvalue weighted by atomic mass is 16.5. The highest BCUT2D eigenvalue weighted by molar-refractivity contribution is 5.72. The summed E-state index contributed by atoms with van der Waals surface area (Å²) in [4.78, 5) is 13.5. The van der Waals surface area contributed by atoms with E-state index in [1.165, 1.54) is 5.56 Å². The van der Waals surface area contributed by atoms with Crippen LogP contribution in [-0.4, -0.2) is 26.0 Å². The van der Waals surface area contributed by atoms with Crippen LogP contribution >= 0.6 is 0 Å². The first-order valence-electron chi connectivity index (χ1n) is 6.74. The molecule has 2 atom stereocenters. The number of ether oxygens (including phenoxy) is 1. The average molecular weight is 267 g/mol. The molecule has 2 aromatic carbocycles. The van der Waals surface area contributed by atoms with Crippen LogP contribution in [0.4, 0.5) is 5.69 Å². The normalized spacial score (nSPS) is 21.1. The zero-order chi connectivity index (χ0) is 13.9. The maximum Gasteiger partial charge on any atom is 0.143 e. The van der Waals surface area contributed by atoms with Gasteiger partial charge in [-0.05, 0) is 29.8 Å². The standard InChI is InChI=1S/C17H17NO2/c1-20-15-9-7-14(8-10-15)18-11-16(17(18)12-19)13-5-3-2-4-6-13/h2-10,12,16-17H,11H2,1H3/t16-,17+/m0/s1. The number of aldehydes is 1. The van der Waals surface area contributed by atoms with Crippen LogP contribution in [0.3, 0.4) is 0 Å². The average Bonchev–Trinajstić information content (AvgIpc) is 2.48. The van der Waals surface area contributed by atoms with Crippen molar-refractivity contribution in [3.05, 3.63) is 60.2 Å². The Labute approximate surface area is 118 Å². The van der Waals surface area contributed by atoms with Crippen LogP contribution in [-0.2, 0) is 4.79 Å². The number of nitrogens with zero attached hydrogens (tertiary/aromatic N) is 1. The molecule has 0 aliphatic carbocycles. The fourth-order valence-corrected chi connectivity index (χ4v) is 2.74. The van der Waals surface area contributed by atoms with Crippen LogP contribution in [0.5, 0.6) is 5.75 Å². The number of hydrogen-bond donors (Lipinski definition) is 0. The first-order valence-corrected chi connectivity index (χ1v) is 6.74. The van der Waals surface area contributed by atoms with Crippen molar-refractivity contribution in [2.45, 2.75) is 12.0 Å². The molecule has 1 aliphatic heterocycles. The Morgan fingerprint density at radius 2 is 1.80 bits per heavy atom. The highest BCUT2D eigenvalue weighted by Gasteiger charge is 2.39. The fourth-order valence-electron chi connectivity index (χ4n) is 2.74. The summed E-state index contributed by atoms with van der Waals surface area (Å²) in [6.45, 7) is 0.875. The van der Waals surface area contributed by atoms with E-state index in [0.29, 0.717) is 0 Å². The molecule has 0 bridgehead atoms. The molecule has 1 saturated heterocycles. The Kier molecular flexibility index (Phi) is 3.42. The molecule has 0 aromatic heterocycles. The predicted molar refractivity (Wildman–Crippen MR) is 79.4 cm³/mol. The number of anilines is 1. The van der Waals surface area contributed by atoms with Crippen molar-refractivity contribution in [1.29, 1.82) is 0 Å². The minimum atomic E-state index is -0.0780. The molecule has 0 spiro atoms. The van der Waals surface area contributed by atoms with Gasteiger partial charge in [0.1, 0.15) is 12.0 Å². The third-order valence-electron chi connectivity index (χ3n) is 3.94. The van der Waals surface area contributed by atoms with E-state index in [1.807, 2.05) is 42.5 Å². The molecular weight excluding hydrogens is 250 g/mol. The molecule has 0 amide bonds. The molecule has 102 valence electrons. The molecule has 1 aliphatic rings. The number of carbonyl (C=O) groups excluding carboxylic acids is 1. The number of benzene rings is 2. The number of rotatable bonds is 4. The molecule has 3 nitrogen and oxygen atoms in total. The first kappa shape index (κ1) is 12.7. The second-order valence-corrected chi connectivity index (χ2v) is 4.99. The van der Waals surface area contributed by atoms with Gasteiger partial charge in [-0.1, -0.05) is 30.3 Å². The van der Waals surface area contributed by atoms with Gasteiger partial charge in [-0.25, -0.2) is 0 Å². The number of carbonyl (C=O) groups is 1. The maximum absolute atomic E-state index is 11.4. The van der Waals surface area contributed by atoms with Crippen LogP contribution in [0.25, 0.3) is 0 Å². The lowest BCUT2D eigenvalue weighted by atomic mass is 9.83. The lowest BCUT2D eigenvalue weighted by Crippen LogP contribution is -2.55. The van der Waals surface area contributed by atoms with Crippen molar-refractivity contribution in [3.63, 3.8) is 0 Å².